The molecule has 7 nitrogen and oxygen atoms in total. The Morgan fingerprint density at radius 2 is 1.94 bits per heavy atom. The van der Waals surface area contributed by atoms with E-state index in [1.54, 1.807) is 37.6 Å². The zero-order valence-electron chi connectivity index (χ0n) is 20.3. The van der Waals surface area contributed by atoms with Gasteiger partial charge in [0.2, 0.25) is 5.91 Å². The van der Waals surface area contributed by atoms with Gasteiger partial charge in [-0.2, -0.15) is 0 Å². The molecule has 2 aromatic heterocycles. The second-order valence-electron chi connectivity index (χ2n) is 8.85. The molecule has 3 aromatic rings. The van der Waals surface area contributed by atoms with E-state index in [4.69, 9.17) is 4.74 Å². The van der Waals surface area contributed by atoms with E-state index in [2.05, 4.69) is 20.6 Å². The smallest absolute Gasteiger partial charge is 0.262 e. The highest BCUT2D eigenvalue weighted by atomic mass is 32.1. The van der Waals surface area contributed by atoms with Gasteiger partial charge in [0.25, 0.3) is 6.43 Å². The average Bonchev–Trinajstić information content (AvgIpc) is 3.24. The number of halogens is 2. The maximum Gasteiger partial charge on any atom is 0.262 e. The highest BCUT2D eigenvalue weighted by Crippen LogP contribution is 2.36. The van der Waals surface area contributed by atoms with E-state index in [-0.39, 0.29) is 17.9 Å². The van der Waals surface area contributed by atoms with Crippen molar-refractivity contribution in [2.75, 3.05) is 32.6 Å². The molecule has 1 fully saturated rings. The number of aryl methyl sites for hydroxylation is 1. The second-order valence-corrected chi connectivity index (χ2v) is 10.0. The monoisotopic (exact) mass is 503 g/mol. The number of thiazole rings is 1. The minimum Gasteiger partial charge on any atom is -0.377 e. The molecule has 2 N–H and O–H groups in total. The highest BCUT2D eigenvalue weighted by Gasteiger charge is 2.34. The molecule has 0 radical (unpaired) electrons. The second kappa shape index (κ2) is 10.9. The van der Waals surface area contributed by atoms with Crippen LogP contribution in [0.5, 0.6) is 0 Å². The van der Waals surface area contributed by atoms with Gasteiger partial charge in [-0.05, 0) is 57.5 Å². The molecule has 188 valence electrons. The van der Waals surface area contributed by atoms with Crippen molar-refractivity contribution in [1.29, 1.82) is 0 Å². The van der Waals surface area contributed by atoms with Crippen LogP contribution < -0.4 is 10.6 Å². The van der Waals surface area contributed by atoms with Gasteiger partial charge in [0.1, 0.15) is 16.4 Å². The third-order valence-corrected chi connectivity index (χ3v) is 7.43. The number of hydrogen-bond donors (Lipinski definition) is 2. The Labute approximate surface area is 207 Å². The van der Waals surface area contributed by atoms with Gasteiger partial charge in [-0.1, -0.05) is 23.5 Å². The van der Waals surface area contributed by atoms with Gasteiger partial charge in [-0.15, -0.1) is 0 Å². The van der Waals surface area contributed by atoms with Crippen molar-refractivity contribution in [1.82, 2.24) is 20.2 Å². The lowest BCUT2D eigenvalue weighted by Gasteiger charge is -2.32. The van der Waals surface area contributed by atoms with Crippen molar-refractivity contribution >= 4 is 39.0 Å². The first-order valence-electron chi connectivity index (χ1n) is 11.7. The minimum absolute atomic E-state index is 0.221. The van der Waals surface area contributed by atoms with Crippen molar-refractivity contribution in [2.24, 2.45) is 5.92 Å². The van der Waals surface area contributed by atoms with Crippen molar-refractivity contribution in [2.45, 2.75) is 45.3 Å². The van der Waals surface area contributed by atoms with Crippen LogP contribution in [0.2, 0.25) is 0 Å². The number of alkyl halides is 2. The Morgan fingerprint density at radius 3 is 2.57 bits per heavy atom. The summed E-state index contributed by atoms with van der Waals surface area (Å²) in [5.74, 6) is -0.448. The number of amides is 1. The number of pyridine rings is 1. The van der Waals surface area contributed by atoms with E-state index < -0.39 is 12.5 Å². The third-order valence-electron chi connectivity index (χ3n) is 6.56. The van der Waals surface area contributed by atoms with Gasteiger partial charge < -0.3 is 20.3 Å². The molecule has 3 heterocycles. The number of carbonyl (C=O) groups excluding carboxylic acids is 1. The van der Waals surface area contributed by atoms with Crippen molar-refractivity contribution in [3.8, 4) is 0 Å². The molecule has 4 rings (SSSR count). The number of rotatable bonds is 8. The van der Waals surface area contributed by atoms with E-state index in [1.807, 2.05) is 13.8 Å². The summed E-state index contributed by atoms with van der Waals surface area (Å²) in [5.41, 5.74) is 3.53. The van der Waals surface area contributed by atoms with Crippen LogP contribution in [0.15, 0.2) is 30.5 Å². The fourth-order valence-electron chi connectivity index (χ4n) is 4.58. The summed E-state index contributed by atoms with van der Waals surface area (Å²) < 4.78 is 33.8. The van der Waals surface area contributed by atoms with Crippen LogP contribution in [-0.4, -0.2) is 54.4 Å². The average molecular weight is 504 g/mol. The van der Waals surface area contributed by atoms with Gasteiger partial charge in [-0.25, -0.2) is 18.7 Å². The Hall–Kier alpha value is -2.69. The molecule has 1 aliphatic rings. The first-order chi connectivity index (χ1) is 16.8. The Kier molecular flexibility index (Phi) is 7.93. The zero-order chi connectivity index (χ0) is 25.1. The van der Waals surface area contributed by atoms with Gasteiger partial charge in [0, 0.05) is 31.3 Å². The molecule has 10 heteroatoms. The summed E-state index contributed by atoms with van der Waals surface area (Å²) >= 11 is 1.52. The fraction of sp³-hybridized carbons (Fsp3) is 0.480. The lowest BCUT2D eigenvalue weighted by molar-refractivity contribution is -0.140. The number of methoxy groups -OCH3 is 1. The largest absolute Gasteiger partial charge is 0.377 e. The fourth-order valence-corrected chi connectivity index (χ4v) is 5.35. The zero-order valence-corrected chi connectivity index (χ0v) is 21.2. The third kappa shape index (κ3) is 5.44. The Balaban J connectivity index is 1.57. The number of ether oxygens (including phenoxy) is 1. The number of nitrogens with zero attached hydrogens (tertiary/aromatic N) is 3. The quantitative estimate of drug-likeness (QED) is 0.439. The molecule has 1 amide bonds. The SMILES string of the molecule is CO[C@@H](C)c1c(Nc2ccc([C@@H](C(F)F)N(C)C(=O)C3CCNCC3)cc2)cnc2sc(C)nc12. The molecular formula is C25H31F2N5O2S. The number of benzene rings is 1. The van der Waals surface area contributed by atoms with Gasteiger partial charge in [-0.3, -0.25) is 4.79 Å². The normalized spacial score (nSPS) is 16.4. The van der Waals surface area contributed by atoms with E-state index in [0.717, 1.165) is 39.7 Å². The summed E-state index contributed by atoms with van der Waals surface area (Å²) in [7, 11) is 3.11. The first kappa shape index (κ1) is 25.4. The summed E-state index contributed by atoms with van der Waals surface area (Å²) in [6.07, 6.45) is 0.161. The van der Waals surface area contributed by atoms with Crippen LogP contribution in [-0.2, 0) is 9.53 Å². The van der Waals surface area contributed by atoms with Crippen LogP contribution in [0.3, 0.4) is 0 Å². The van der Waals surface area contributed by atoms with Crippen LogP contribution in [0.25, 0.3) is 10.3 Å². The minimum atomic E-state index is -2.70. The van der Waals surface area contributed by atoms with Crippen molar-refractivity contribution in [3.05, 3.63) is 46.6 Å². The van der Waals surface area contributed by atoms with Crippen LogP contribution in [0.1, 0.15) is 48.0 Å². The van der Waals surface area contributed by atoms with E-state index >= 15 is 0 Å². The topological polar surface area (TPSA) is 79.4 Å². The molecule has 1 aromatic carbocycles. The standard InChI is InChI=1S/C25H31F2N5O2S/c1-14(34-4)20-19(13-29-24-21(20)30-15(2)35-24)31-18-7-5-16(6-8-18)22(23(26)27)32(3)25(33)17-9-11-28-12-10-17/h5-8,13-14,17,22-23,28,31H,9-12H2,1-4H3/t14-,22-/m0/s1. The molecule has 0 spiro atoms. The van der Waals surface area contributed by atoms with Gasteiger partial charge in [0.05, 0.1) is 23.0 Å². The predicted octanol–water partition coefficient (Wildman–Crippen LogP) is 5.21. The number of fused-ring (bicyclic) bond motifs is 1. The van der Waals surface area contributed by atoms with E-state index in [0.29, 0.717) is 24.1 Å². The van der Waals surface area contributed by atoms with Crippen LogP contribution in [0.4, 0.5) is 20.2 Å². The van der Waals surface area contributed by atoms with Crippen LogP contribution in [0, 0.1) is 12.8 Å². The number of piperidine rings is 1. The predicted molar refractivity (Wildman–Crippen MR) is 134 cm³/mol. The lowest BCUT2D eigenvalue weighted by atomic mass is 9.95. The Bertz CT molecular complexity index is 1160. The molecule has 0 aliphatic carbocycles. The van der Waals surface area contributed by atoms with Crippen molar-refractivity contribution in [3.63, 3.8) is 0 Å². The molecule has 0 unspecified atom stereocenters. The number of nitrogens with one attached hydrogen (secondary N) is 2. The number of carbonyl (C=O) groups is 1. The molecule has 2 atom stereocenters. The number of hydrogen-bond acceptors (Lipinski definition) is 7. The molecule has 1 saturated heterocycles. The summed E-state index contributed by atoms with van der Waals surface area (Å²) in [6.45, 7) is 5.34. The van der Waals surface area contributed by atoms with Gasteiger partial charge >= 0.3 is 0 Å². The summed E-state index contributed by atoms with van der Waals surface area (Å²) in [4.78, 5) is 24.1. The molecule has 0 saturated carbocycles. The molecule has 35 heavy (non-hydrogen) atoms. The molecule has 1 aliphatic heterocycles. The first-order valence-corrected chi connectivity index (χ1v) is 12.5. The van der Waals surface area contributed by atoms with Crippen molar-refractivity contribution < 1.29 is 18.3 Å². The van der Waals surface area contributed by atoms with E-state index in [9.17, 15) is 13.6 Å². The maximum absolute atomic E-state index is 14.1. The molecular weight excluding hydrogens is 472 g/mol. The number of aromatic nitrogens is 2. The highest BCUT2D eigenvalue weighted by molar-refractivity contribution is 7.18. The van der Waals surface area contributed by atoms with Gasteiger partial charge in [0.15, 0.2) is 0 Å². The number of anilines is 2. The lowest BCUT2D eigenvalue weighted by Crippen LogP contribution is -2.42. The summed E-state index contributed by atoms with van der Waals surface area (Å²) in [5, 5.41) is 7.45. The Morgan fingerprint density at radius 1 is 1.26 bits per heavy atom. The van der Waals surface area contributed by atoms with E-state index in [1.165, 1.54) is 23.3 Å². The maximum atomic E-state index is 14.1. The summed E-state index contributed by atoms with van der Waals surface area (Å²) in [6, 6.07) is 5.47. The molecule has 0 bridgehead atoms. The van der Waals surface area contributed by atoms with Crippen LogP contribution >= 0.6 is 11.3 Å².